The predicted molar refractivity (Wildman–Crippen MR) is 82.9 cm³/mol. The Morgan fingerprint density at radius 1 is 1.39 bits per heavy atom. The minimum atomic E-state index is -2.54. The highest BCUT2D eigenvalue weighted by atomic mass is 19.3. The zero-order valence-electron chi connectivity index (χ0n) is 13.1. The highest BCUT2D eigenvalue weighted by Crippen LogP contribution is 2.23. The van der Waals surface area contributed by atoms with Gasteiger partial charge >= 0.3 is 0 Å². The van der Waals surface area contributed by atoms with Gasteiger partial charge in [-0.05, 0) is 31.0 Å². The number of nitrogens with zero attached hydrogens (tertiary/aromatic N) is 2. The zero-order valence-corrected chi connectivity index (χ0v) is 13.1. The number of aromatic nitrogens is 2. The summed E-state index contributed by atoms with van der Waals surface area (Å²) >= 11 is 0. The van der Waals surface area contributed by atoms with Crippen LogP contribution in [0, 0.1) is 13.8 Å². The topological polar surface area (TPSA) is 56.2 Å². The molecule has 0 aliphatic carbocycles. The Morgan fingerprint density at radius 3 is 2.83 bits per heavy atom. The quantitative estimate of drug-likeness (QED) is 0.851. The SMILES string of the molecule is Cc1cnn(CCC(=O)Nc2ccc(C)c(OCC(F)F)c2)c1. The molecule has 2 aromatic rings. The summed E-state index contributed by atoms with van der Waals surface area (Å²) in [5.41, 5.74) is 2.28. The number of alkyl halides is 2. The van der Waals surface area contributed by atoms with Gasteiger partial charge in [0.05, 0.1) is 6.20 Å². The number of rotatable bonds is 7. The number of nitrogens with one attached hydrogen (secondary N) is 1. The molecular weight excluding hydrogens is 304 g/mol. The van der Waals surface area contributed by atoms with Gasteiger partial charge < -0.3 is 10.1 Å². The monoisotopic (exact) mass is 323 g/mol. The molecular formula is C16H19F2N3O2. The Kier molecular flexibility index (Phi) is 5.67. The maximum absolute atomic E-state index is 12.2. The van der Waals surface area contributed by atoms with Crippen molar-refractivity contribution in [2.45, 2.75) is 33.2 Å². The number of aryl methyl sites for hydroxylation is 3. The van der Waals surface area contributed by atoms with E-state index >= 15 is 0 Å². The van der Waals surface area contributed by atoms with Crippen molar-refractivity contribution in [2.24, 2.45) is 0 Å². The lowest BCUT2D eigenvalue weighted by Gasteiger charge is -2.11. The average Bonchev–Trinajstić information content (AvgIpc) is 2.91. The number of carbonyl (C=O) groups excluding carboxylic acids is 1. The number of carbonyl (C=O) groups is 1. The molecule has 0 aliphatic rings. The van der Waals surface area contributed by atoms with Crippen molar-refractivity contribution in [1.82, 2.24) is 9.78 Å². The van der Waals surface area contributed by atoms with Gasteiger partial charge in [0.2, 0.25) is 5.91 Å². The van der Waals surface area contributed by atoms with Crippen LogP contribution in [0.1, 0.15) is 17.5 Å². The molecule has 7 heteroatoms. The molecule has 23 heavy (non-hydrogen) atoms. The minimum absolute atomic E-state index is 0.179. The summed E-state index contributed by atoms with van der Waals surface area (Å²) in [5.74, 6) is 0.160. The third-order valence-electron chi connectivity index (χ3n) is 3.17. The van der Waals surface area contributed by atoms with Gasteiger partial charge in [-0.15, -0.1) is 0 Å². The summed E-state index contributed by atoms with van der Waals surface area (Å²) in [7, 11) is 0. The zero-order chi connectivity index (χ0) is 16.8. The van der Waals surface area contributed by atoms with Crippen LogP contribution in [0.4, 0.5) is 14.5 Å². The van der Waals surface area contributed by atoms with Crippen molar-refractivity contribution in [2.75, 3.05) is 11.9 Å². The Labute approximate surface area is 133 Å². The predicted octanol–water partition coefficient (Wildman–Crippen LogP) is 3.17. The first-order valence-electron chi connectivity index (χ1n) is 7.24. The van der Waals surface area contributed by atoms with Gasteiger partial charge in [-0.2, -0.15) is 5.10 Å². The molecule has 0 bridgehead atoms. The van der Waals surface area contributed by atoms with Crippen molar-refractivity contribution in [3.05, 3.63) is 41.7 Å². The van der Waals surface area contributed by atoms with Crippen LogP contribution < -0.4 is 10.1 Å². The number of halogens is 2. The van der Waals surface area contributed by atoms with Crippen molar-refractivity contribution in [3.63, 3.8) is 0 Å². The molecule has 0 radical (unpaired) electrons. The molecule has 0 saturated heterocycles. The average molecular weight is 323 g/mol. The molecule has 0 fully saturated rings. The molecule has 1 heterocycles. The molecule has 0 saturated carbocycles. The molecule has 124 valence electrons. The Morgan fingerprint density at radius 2 is 2.17 bits per heavy atom. The largest absolute Gasteiger partial charge is 0.487 e. The van der Waals surface area contributed by atoms with Crippen LogP contribution in [0.3, 0.4) is 0 Å². The van der Waals surface area contributed by atoms with Gasteiger partial charge in [0.15, 0.2) is 0 Å². The maximum Gasteiger partial charge on any atom is 0.272 e. The van der Waals surface area contributed by atoms with Gasteiger partial charge in [-0.1, -0.05) is 6.07 Å². The third-order valence-corrected chi connectivity index (χ3v) is 3.17. The van der Waals surface area contributed by atoms with E-state index < -0.39 is 13.0 Å². The van der Waals surface area contributed by atoms with Crippen molar-refractivity contribution in [3.8, 4) is 5.75 Å². The Bertz CT molecular complexity index is 671. The highest BCUT2D eigenvalue weighted by Gasteiger charge is 2.09. The molecule has 0 atom stereocenters. The third kappa shape index (κ3) is 5.36. The number of hydrogen-bond donors (Lipinski definition) is 1. The van der Waals surface area contributed by atoms with Crippen LogP contribution in [-0.2, 0) is 11.3 Å². The fraction of sp³-hybridized carbons (Fsp3) is 0.375. The summed E-state index contributed by atoms with van der Waals surface area (Å²) in [6.07, 6.45) is 1.31. The number of ether oxygens (including phenoxy) is 1. The van der Waals surface area contributed by atoms with Crippen molar-refractivity contribution < 1.29 is 18.3 Å². The molecule has 1 aromatic heterocycles. The van der Waals surface area contributed by atoms with E-state index in [0.29, 0.717) is 18.0 Å². The molecule has 1 aromatic carbocycles. The lowest BCUT2D eigenvalue weighted by Crippen LogP contribution is -2.15. The fourth-order valence-corrected chi connectivity index (χ4v) is 2.01. The lowest BCUT2D eigenvalue weighted by atomic mass is 10.2. The standard InChI is InChI=1S/C16H19F2N3O2/c1-11-8-19-21(9-11)6-5-16(22)20-13-4-3-12(2)14(7-13)23-10-15(17)18/h3-4,7-9,15H,5-6,10H2,1-2H3,(H,20,22). The van der Waals surface area contributed by atoms with E-state index in [2.05, 4.69) is 10.4 Å². The summed E-state index contributed by atoms with van der Waals surface area (Å²) in [6, 6.07) is 4.97. The number of amides is 1. The van der Waals surface area contributed by atoms with E-state index in [1.165, 1.54) is 0 Å². The summed E-state index contributed by atoms with van der Waals surface area (Å²) in [6.45, 7) is 3.49. The van der Waals surface area contributed by atoms with Gasteiger partial charge in [0, 0.05) is 30.9 Å². The van der Waals surface area contributed by atoms with E-state index in [1.807, 2.05) is 13.1 Å². The van der Waals surface area contributed by atoms with E-state index in [9.17, 15) is 13.6 Å². The van der Waals surface area contributed by atoms with Crippen LogP contribution in [0.15, 0.2) is 30.6 Å². The van der Waals surface area contributed by atoms with Crippen LogP contribution in [0.5, 0.6) is 5.75 Å². The fourth-order valence-electron chi connectivity index (χ4n) is 2.01. The van der Waals surface area contributed by atoms with E-state index in [0.717, 1.165) is 11.1 Å². The van der Waals surface area contributed by atoms with Gasteiger partial charge in [-0.25, -0.2) is 8.78 Å². The summed E-state index contributed by atoms with van der Waals surface area (Å²) in [4.78, 5) is 11.9. The molecule has 2 rings (SSSR count). The van der Waals surface area contributed by atoms with Crippen molar-refractivity contribution >= 4 is 11.6 Å². The molecule has 5 nitrogen and oxygen atoms in total. The second-order valence-corrected chi connectivity index (χ2v) is 5.26. The summed E-state index contributed by atoms with van der Waals surface area (Å²) in [5, 5.41) is 6.83. The first-order chi connectivity index (χ1) is 10.9. The number of hydrogen-bond acceptors (Lipinski definition) is 3. The van der Waals surface area contributed by atoms with Crippen LogP contribution >= 0.6 is 0 Å². The van der Waals surface area contributed by atoms with Crippen LogP contribution in [0.25, 0.3) is 0 Å². The van der Waals surface area contributed by atoms with Crippen molar-refractivity contribution in [1.29, 1.82) is 0 Å². The summed E-state index contributed by atoms with van der Waals surface area (Å²) < 4.78 is 31.2. The molecule has 0 spiro atoms. The first kappa shape index (κ1) is 16.9. The lowest BCUT2D eigenvalue weighted by molar-refractivity contribution is -0.116. The minimum Gasteiger partial charge on any atom is -0.487 e. The van der Waals surface area contributed by atoms with Gasteiger partial charge in [-0.3, -0.25) is 9.48 Å². The Hall–Kier alpha value is -2.44. The first-order valence-corrected chi connectivity index (χ1v) is 7.24. The van der Waals surface area contributed by atoms with Crippen LogP contribution in [0.2, 0.25) is 0 Å². The molecule has 0 unspecified atom stereocenters. The molecule has 1 amide bonds. The van der Waals surface area contributed by atoms with E-state index in [4.69, 9.17) is 4.74 Å². The van der Waals surface area contributed by atoms with Gasteiger partial charge in [0.25, 0.3) is 6.43 Å². The molecule has 1 N–H and O–H groups in total. The van der Waals surface area contributed by atoms with E-state index in [-0.39, 0.29) is 12.3 Å². The normalized spacial score (nSPS) is 10.8. The van der Waals surface area contributed by atoms with Crippen LogP contribution in [-0.4, -0.2) is 28.7 Å². The number of benzene rings is 1. The van der Waals surface area contributed by atoms with E-state index in [1.54, 1.807) is 36.0 Å². The smallest absolute Gasteiger partial charge is 0.272 e. The van der Waals surface area contributed by atoms with Gasteiger partial charge in [0.1, 0.15) is 12.4 Å². The second-order valence-electron chi connectivity index (χ2n) is 5.26. The second kappa shape index (κ2) is 7.71. The Balaban J connectivity index is 1.91. The molecule has 0 aliphatic heterocycles. The number of anilines is 1. The maximum atomic E-state index is 12.2. The highest BCUT2D eigenvalue weighted by molar-refractivity contribution is 5.90.